The van der Waals surface area contributed by atoms with E-state index in [0.717, 1.165) is 18.2 Å². The van der Waals surface area contributed by atoms with Gasteiger partial charge in [-0.1, -0.05) is 0 Å². The molecular formula is C6H6NO5S2-. The Morgan fingerprint density at radius 1 is 1.43 bits per heavy atom. The lowest BCUT2D eigenvalue weighted by atomic mass is 10.3. The Bertz CT molecular complexity index is 481. The van der Waals surface area contributed by atoms with Crippen molar-refractivity contribution in [3.63, 3.8) is 0 Å². The smallest absolute Gasteiger partial charge is 0.296 e. The van der Waals surface area contributed by atoms with Crippen molar-refractivity contribution < 1.29 is 21.7 Å². The second-order valence-electron chi connectivity index (χ2n) is 2.41. The molecule has 0 heterocycles. The van der Waals surface area contributed by atoms with E-state index in [1.807, 2.05) is 0 Å². The summed E-state index contributed by atoms with van der Waals surface area (Å²) in [6.45, 7) is 0. The summed E-state index contributed by atoms with van der Waals surface area (Å²) >= 11 is -2.56. The van der Waals surface area contributed by atoms with Crippen LogP contribution in [-0.4, -0.2) is 21.7 Å². The predicted octanol–water partition coefficient (Wildman–Crippen LogP) is -0.246. The molecule has 0 aromatic heterocycles. The number of benzene rings is 1. The highest BCUT2D eigenvalue weighted by Crippen LogP contribution is 2.20. The first-order chi connectivity index (χ1) is 6.32. The number of nitrogen functional groups attached to an aromatic ring is 1. The standard InChI is InChI=1S/C6H7NO5S2/c7-5-2-1-4(13(8)9)3-6(5)14(10,11)12/h1-3H,7H2,(H,8,9)(H,10,11,12)/p-1. The van der Waals surface area contributed by atoms with Gasteiger partial charge >= 0.3 is 0 Å². The van der Waals surface area contributed by atoms with Crippen molar-refractivity contribution in [3.8, 4) is 0 Å². The molecule has 1 atom stereocenters. The van der Waals surface area contributed by atoms with Crippen LogP contribution in [-0.2, 0) is 21.2 Å². The molecule has 0 bridgehead atoms. The van der Waals surface area contributed by atoms with E-state index in [4.69, 9.17) is 10.3 Å². The maximum Gasteiger partial charge on any atom is 0.296 e. The fourth-order valence-electron chi connectivity index (χ4n) is 0.842. The summed E-state index contributed by atoms with van der Waals surface area (Å²) in [6, 6.07) is 3.01. The SMILES string of the molecule is Nc1ccc(S(=O)[O-])cc1S(=O)(=O)O. The molecule has 1 aromatic carbocycles. The van der Waals surface area contributed by atoms with Crippen LogP contribution in [0.4, 0.5) is 5.69 Å². The first-order valence-electron chi connectivity index (χ1n) is 3.28. The maximum absolute atomic E-state index is 10.7. The molecule has 1 rings (SSSR count). The van der Waals surface area contributed by atoms with Crippen LogP contribution in [0.25, 0.3) is 0 Å². The van der Waals surface area contributed by atoms with Crippen molar-refractivity contribution in [2.75, 3.05) is 5.73 Å². The Kier molecular flexibility index (Phi) is 2.90. The van der Waals surface area contributed by atoms with E-state index in [2.05, 4.69) is 0 Å². The summed E-state index contributed by atoms with van der Waals surface area (Å²) in [7, 11) is -4.49. The molecule has 0 spiro atoms. The van der Waals surface area contributed by atoms with Crippen LogP contribution in [0.5, 0.6) is 0 Å². The van der Waals surface area contributed by atoms with Gasteiger partial charge in [-0.15, -0.1) is 0 Å². The molecular weight excluding hydrogens is 230 g/mol. The number of hydrogen-bond donors (Lipinski definition) is 2. The van der Waals surface area contributed by atoms with Crippen molar-refractivity contribution in [2.24, 2.45) is 0 Å². The first kappa shape index (κ1) is 11.1. The van der Waals surface area contributed by atoms with Crippen molar-refractivity contribution >= 4 is 26.9 Å². The van der Waals surface area contributed by atoms with Gasteiger partial charge in [-0.25, -0.2) is 0 Å². The van der Waals surface area contributed by atoms with Gasteiger partial charge in [0.15, 0.2) is 0 Å². The van der Waals surface area contributed by atoms with Gasteiger partial charge < -0.3 is 10.3 Å². The molecule has 3 N–H and O–H groups in total. The minimum absolute atomic E-state index is 0.207. The van der Waals surface area contributed by atoms with E-state index in [0.29, 0.717) is 0 Å². The normalized spacial score (nSPS) is 13.9. The molecule has 0 fully saturated rings. The lowest BCUT2D eigenvalue weighted by molar-refractivity contribution is 0.483. The molecule has 14 heavy (non-hydrogen) atoms. The fraction of sp³-hybridized carbons (Fsp3) is 0. The lowest BCUT2D eigenvalue weighted by Gasteiger charge is -2.07. The largest absolute Gasteiger partial charge is 0.768 e. The molecule has 78 valence electrons. The average Bonchev–Trinajstić information content (AvgIpc) is 2.02. The molecule has 0 radical (unpaired) electrons. The highest BCUT2D eigenvalue weighted by Gasteiger charge is 2.14. The van der Waals surface area contributed by atoms with Crippen LogP contribution >= 0.6 is 0 Å². The summed E-state index contributed by atoms with van der Waals surface area (Å²) in [4.78, 5) is -0.869. The fourth-order valence-corrected chi connectivity index (χ4v) is 1.95. The summed E-state index contributed by atoms with van der Waals surface area (Å²) in [5, 5.41) is 0. The molecule has 6 nitrogen and oxygen atoms in total. The van der Waals surface area contributed by atoms with Gasteiger partial charge in [0, 0.05) is 4.90 Å². The molecule has 8 heteroatoms. The average molecular weight is 236 g/mol. The zero-order valence-electron chi connectivity index (χ0n) is 6.71. The van der Waals surface area contributed by atoms with Crippen LogP contribution in [0.3, 0.4) is 0 Å². The summed E-state index contributed by atoms with van der Waals surface area (Å²) in [5.41, 5.74) is 5.03. The Hall–Kier alpha value is -0.960. The number of anilines is 1. The van der Waals surface area contributed by atoms with E-state index < -0.39 is 26.1 Å². The second kappa shape index (κ2) is 3.65. The zero-order valence-corrected chi connectivity index (χ0v) is 8.34. The quantitative estimate of drug-likeness (QED) is 0.415. The monoisotopic (exact) mass is 236 g/mol. The highest BCUT2D eigenvalue weighted by atomic mass is 32.2. The summed E-state index contributed by atoms with van der Waals surface area (Å²) in [5.74, 6) is 0. The minimum atomic E-state index is -4.49. The molecule has 0 saturated heterocycles. The number of nitrogens with two attached hydrogens (primary N) is 1. The van der Waals surface area contributed by atoms with Crippen LogP contribution in [0.15, 0.2) is 28.0 Å². The predicted molar refractivity (Wildman–Crippen MR) is 47.9 cm³/mol. The Labute approximate surface area is 82.8 Å². The van der Waals surface area contributed by atoms with E-state index >= 15 is 0 Å². The van der Waals surface area contributed by atoms with E-state index in [1.54, 1.807) is 0 Å². The first-order valence-corrected chi connectivity index (χ1v) is 5.80. The molecule has 0 aliphatic carbocycles. The Morgan fingerprint density at radius 3 is 2.43 bits per heavy atom. The van der Waals surface area contributed by atoms with E-state index in [9.17, 15) is 17.2 Å². The van der Waals surface area contributed by atoms with Gasteiger partial charge in [0.05, 0.1) is 5.69 Å². The van der Waals surface area contributed by atoms with Gasteiger partial charge in [0.2, 0.25) is 0 Å². The summed E-state index contributed by atoms with van der Waals surface area (Å²) < 4.78 is 51.0. The van der Waals surface area contributed by atoms with Gasteiger partial charge in [-0.2, -0.15) is 8.42 Å². The zero-order chi connectivity index (χ0) is 10.9. The molecule has 1 unspecified atom stereocenters. The van der Waals surface area contributed by atoms with Crippen molar-refractivity contribution in [2.45, 2.75) is 9.79 Å². The van der Waals surface area contributed by atoms with Crippen molar-refractivity contribution in [3.05, 3.63) is 18.2 Å². The molecule has 0 amide bonds. The van der Waals surface area contributed by atoms with Crippen molar-refractivity contribution in [1.82, 2.24) is 0 Å². The van der Waals surface area contributed by atoms with Gasteiger partial charge in [0.25, 0.3) is 10.1 Å². The third kappa shape index (κ3) is 2.29. The van der Waals surface area contributed by atoms with Gasteiger partial charge in [-0.05, 0) is 29.3 Å². The maximum atomic E-state index is 10.7. The molecule has 0 aliphatic rings. The van der Waals surface area contributed by atoms with Crippen LogP contribution in [0.1, 0.15) is 0 Å². The molecule has 0 aliphatic heterocycles. The Balaban J connectivity index is 3.44. The van der Waals surface area contributed by atoms with Crippen LogP contribution in [0.2, 0.25) is 0 Å². The Morgan fingerprint density at radius 2 is 2.00 bits per heavy atom. The van der Waals surface area contributed by atoms with Gasteiger partial charge in [0.1, 0.15) is 4.90 Å². The number of rotatable bonds is 2. The van der Waals surface area contributed by atoms with E-state index in [1.165, 1.54) is 0 Å². The topological polar surface area (TPSA) is 121 Å². The highest BCUT2D eigenvalue weighted by molar-refractivity contribution is 7.86. The summed E-state index contributed by atoms with van der Waals surface area (Å²) in [6.07, 6.45) is 0. The lowest BCUT2D eigenvalue weighted by Crippen LogP contribution is -2.04. The minimum Gasteiger partial charge on any atom is -0.768 e. The third-order valence-electron chi connectivity index (χ3n) is 1.46. The molecule has 1 aromatic rings. The number of hydrogen-bond acceptors (Lipinski definition) is 5. The third-order valence-corrected chi connectivity index (χ3v) is 3.00. The van der Waals surface area contributed by atoms with Gasteiger partial charge in [-0.3, -0.25) is 8.76 Å². The van der Waals surface area contributed by atoms with Crippen LogP contribution in [0, 0.1) is 0 Å². The molecule has 0 saturated carbocycles. The second-order valence-corrected chi connectivity index (χ2v) is 4.74. The van der Waals surface area contributed by atoms with Crippen molar-refractivity contribution in [1.29, 1.82) is 0 Å². The van der Waals surface area contributed by atoms with Crippen LogP contribution < -0.4 is 5.73 Å². The van der Waals surface area contributed by atoms with E-state index in [-0.39, 0.29) is 10.6 Å².